The zero-order chi connectivity index (χ0) is 28.5. The molecule has 0 spiro atoms. The Labute approximate surface area is 216 Å². The molecular formula is C20H18N4O11S3. The number of rotatable bonds is 7. The van der Waals surface area contributed by atoms with Crippen molar-refractivity contribution in [2.75, 3.05) is 5.43 Å². The van der Waals surface area contributed by atoms with Crippen LogP contribution in [0.25, 0.3) is 0 Å². The molecule has 202 valence electrons. The van der Waals surface area contributed by atoms with E-state index < -0.39 is 62.3 Å². The lowest BCUT2D eigenvalue weighted by Gasteiger charge is -2.11. The zero-order valence-corrected chi connectivity index (χ0v) is 21.4. The highest BCUT2D eigenvalue weighted by molar-refractivity contribution is 7.86. The van der Waals surface area contributed by atoms with E-state index in [1.807, 2.05) is 0 Å². The van der Waals surface area contributed by atoms with Gasteiger partial charge in [-0.15, -0.1) is 10.2 Å². The summed E-state index contributed by atoms with van der Waals surface area (Å²) in [7, 11) is -15.1. The van der Waals surface area contributed by atoms with Crippen molar-refractivity contribution in [3.63, 3.8) is 0 Å². The van der Waals surface area contributed by atoms with Crippen molar-refractivity contribution in [2.24, 2.45) is 15.3 Å². The Hall–Kier alpha value is -3.94. The van der Waals surface area contributed by atoms with Gasteiger partial charge in [0.05, 0.1) is 4.90 Å². The summed E-state index contributed by atoms with van der Waals surface area (Å²) >= 11 is 0. The van der Waals surface area contributed by atoms with Gasteiger partial charge in [0.2, 0.25) is 5.84 Å². The van der Waals surface area contributed by atoms with Gasteiger partial charge in [-0.2, -0.15) is 30.4 Å². The minimum atomic E-state index is -5.21. The Morgan fingerprint density at radius 1 is 0.789 bits per heavy atom. The number of amidine groups is 1. The van der Waals surface area contributed by atoms with E-state index >= 15 is 0 Å². The molecule has 3 aromatic carbocycles. The number of phenolic OH excluding ortho intramolecular Hbond substituents is 2. The first-order valence-corrected chi connectivity index (χ1v) is 14.2. The second kappa shape index (κ2) is 10.4. The zero-order valence-electron chi connectivity index (χ0n) is 18.9. The lowest BCUT2D eigenvalue weighted by molar-refractivity contribution is 0.443. The molecule has 0 aliphatic heterocycles. The highest BCUT2D eigenvalue weighted by atomic mass is 32.2. The summed E-state index contributed by atoms with van der Waals surface area (Å²) in [5.41, 5.74) is 1.51. The van der Waals surface area contributed by atoms with E-state index in [1.54, 1.807) is 13.0 Å². The molecule has 0 fully saturated rings. The normalized spacial score (nSPS) is 13.1. The monoisotopic (exact) mass is 586 g/mol. The number of azo groups is 1. The summed E-state index contributed by atoms with van der Waals surface area (Å²) in [6, 6.07) is 9.87. The lowest BCUT2D eigenvalue weighted by Crippen LogP contribution is -2.10. The van der Waals surface area contributed by atoms with Crippen molar-refractivity contribution < 1.29 is 49.1 Å². The molecule has 18 heteroatoms. The SMILES string of the molecule is Cc1ccc(N=NC(=NNc2cc(S(=O)(=O)O)cc(S(=O)(=O)O)c2O)c2ccccc2S(=O)(=O)O)c(O)c1. The maximum Gasteiger partial charge on any atom is 0.298 e. The first-order valence-electron chi connectivity index (χ1n) is 9.92. The van der Waals surface area contributed by atoms with Crippen molar-refractivity contribution in [2.45, 2.75) is 21.6 Å². The van der Waals surface area contributed by atoms with Crippen molar-refractivity contribution in [1.82, 2.24) is 0 Å². The van der Waals surface area contributed by atoms with Crippen LogP contribution in [-0.2, 0) is 30.4 Å². The van der Waals surface area contributed by atoms with Gasteiger partial charge in [0.1, 0.15) is 26.9 Å². The third-order valence-electron chi connectivity index (χ3n) is 4.70. The van der Waals surface area contributed by atoms with Crippen LogP contribution in [-0.4, -0.2) is 55.0 Å². The number of nitrogens with one attached hydrogen (secondary N) is 1. The lowest BCUT2D eigenvalue weighted by atomic mass is 10.2. The summed E-state index contributed by atoms with van der Waals surface area (Å²) in [6.07, 6.45) is 0. The third kappa shape index (κ3) is 6.68. The van der Waals surface area contributed by atoms with E-state index in [0.717, 1.165) is 12.1 Å². The number of nitrogens with zero attached hydrogens (tertiary/aromatic N) is 3. The fraction of sp³-hybridized carbons (Fsp3) is 0.0500. The second-order valence-electron chi connectivity index (χ2n) is 7.48. The average Bonchev–Trinajstić information content (AvgIpc) is 2.79. The van der Waals surface area contributed by atoms with Crippen molar-refractivity contribution >= 4 is 47.6 Å². The molecule has 0 aliphatic carbocycles. The summed E-state index contributed by atoms with van der Waals surface area (Å²) in [5, 5.41) is 31.7. The van der Waals surface area contributed by atoms with E-state index in [1.165, 1.54) is 24.3 Å². The number of aromatic hydroxyl groups is 2. The maximum absolute atomic E-state index is 11.9. The molecule has 0 saturated heterocycles. The largest absolute Gasteiger partial charge is 0.506 e. The molecule has 0 atom stereocenters. The van der Waals surface area contributed by atoms with Crippen LogP contribution in [0.1, 0.15) is 11.1 Å². The van der Waals surface area contributed by atoms with Gasteiger partial charge >= 0.3 is 0 Å². The molecule has 0 radical (unpaired) electrons. The van der Waals surface area contributed by atoms with Crippen LogP contribution < -0.4 is 5.43 Å². The van der Waals surface area contributed by atoms with Gasteiger partial charge < -0.3 is 10.2 Å². The quantitative estimate of drug-likeness (QED) is 0.0583. The Morgan fingerprint density at radius 3 is 2.00 bits per heavy atom. The molecule has 0 heterocycles. The molecule has 3 rings (SSSR count). The van der Waals surface area contributed by atoms with Crippen LogP contribution in [0.15, 0.2) is 84.6 Å². The molecule has 6 N–H and O–H groups in total. The van der Waals surface area contributed by atoms with Gasteiger partial charge in [0, 0.05) is 5.56 Å². The Kier molecular flexibility index (Phi) is 7.86. The highest BCUT2D eigenvalue weighted by Crippen LogP contribution is 2.35. The third-order valence-corrected chi connectivity index (χ3v) is 7.31. The summed E-state index contributed by atoms with van der Waals surface area (Å²) in [6.45, 7) is 1.69. The van der Waals surface area contributed by atoms with Crippen LogP contribution >= 0.6 is 0 Å². The first kappa shape index (κ1) is 28.6. The van der Waals surface area contributed by atoms with E-state index in [2.05, 4.69) is 20.8 Å². The van der Waals surface area contributed by atoms with Crippen LogP contribution in [0.2, 0.25) is 0 Å². The van der Waals surface area contributed by atoms with E-state index in [0.29, 0.717) is 11.6 Å². The predicted molar refractivity (Wildman–Crippen MR) is 132 cm³/mol. The highest BCUT2D eigenvalue weighted by Gasteiger charge is 2.25. The molecule has 15 nitrogen and oxygen atoms in total. The van der Waals surface area contributed by atoms with Gasteiger partial charge in [-0.3, -0.25) is 19.1 Å². The second-order valence-corrected chi connectivity index (χ2v) is 11.7. The number of benzene rings is 3. The topological polar surface area (TPSA) is 253 Å². The van der Waals surface area contributed by atoms with E-state index in [9.17, 15) is 49.1 Å². The fourth-order valence-electron chi connectivity index (χ4n) is 2.96. The van der Waals surface area contributed by atoms with Crippen LogP contribution in [0.4, 0.5) is 11.4 Å². The molecule has 0 aromatic heterocycles. The summed E-state index contributed by atoms with van der Waals surface area (Å²) in [4.78, 5) is -3.06. The van der Waals surface area contributed by atoms with Gasteiger partial charge in [0.15, 0.2) is 5.75 Å². The minimum absolute atomic E-state index is 0.0856. The molecule has 3 aromatic rings. The number of anilines is 1. The number of hydrogen-bond donors (Lipinski definition) is 6. The van der Waals surface area contributed by atoms with Crippen molar-refractivity contribution in [3.05, 3.63) is 65.7 Å². The van der Waals surface area contributed by atoms with Gasteiger partial charge in [-0.05, 0) is 48.9 Å². The van der Waals surface area contributed by atoms with Gasteiger partial charge in [-0.1, -0.05) is 18.2 Å². The van der Waals surface area contributed by atoms with Crippen molar-refractivity contribution in [1.29, 1.82) is 0 Å². The molecule has 0 bridgehead atoms. The van der Waals surface area contributed by atoms with Crippen molar-refractivity contribution in [3.8, 4) is 11.5 Å². The number of hydrogen-bond acceptors (Lipinski definition) is 11. The standard InChI is InChI=1S/C20H18N4O11S3/c1-11-6-7-14(16(25)8-11)21-23-20(13-4-2-3-5-17(13)37(30,31)32)24-22-15-9-12(36(27,28)29)10-18(19(15)26)38(33,34)35/h2-10,22,25-26H,1H3,(H,27,28,29)(H,30,31,32)(H,33,34,35). The maximum atomic E-state index is 11.9. The molecular weight excluding hydrogens is 568 g/mol. The average molecular weight is 587 g/mol. The minimum Gasteiger partial charge on any atom is -0.506 e. The Balaban J connectivity index is 2.24. The van der Waals surface area contributed by atoms with E-state index in [-0.39, 0.29) is 23.1 Å². The molecule has 0 amide bonds. The molecule has 0 aliphatic rings. The van der Waals surface area contributed by atoms with Gasteiger partial charge in [0.25, 0.3) is 30.4 Å². The Bertz CT molecular complexity index is 1800. The van der Waals surface area contributed by atoms with Crippen LogP contribution in [0.3, 0.4) is 0 Å². The molecule has 38 heavy (non-hydrogen) atoms. The predicted octanol–water partition coefficient (Wildman–Crippen LogP) is 2.70. The fourth-order valence-corrected chi connectivity index (χ4v) is 4.88. The molecule has 0 unspecified atom stereocenters. The van der Waals surface area contributed by atoms with Crippen LogP contribution in [0, 0.1) is 6.92 Å². The molecule has 0 saturated carbocycles. The van der Waals surface area contributed by atoms with Crippen LogP contribution in [0.5, 0.6) is 11.5 Å². The number of hydrazone groups is 1. The van der Waals surface area contributed by atoms with E-state index in [4.69, 9.17) is 0 Å². The first-order chi connectivity index (χ1) is 17.5. The van der Waals surface area contributed by atoms with Gasteiger partial charge in [-0.25, -0.2) is 0 Å². The Morgan fingerprint density at radius 2 is 1.42 bits per heavy atom. The smallest absolute Gasteiger partial charge is 0.298 e. The number of phenols is 2. The summed E-state index contributed by atoms with van der Waals surface area (Å²) < 4.78 is 98.5. The number of aryl methyl sites for hydroxylation is 1. The summed E-state index contributed by atoms with van der Waals surface area (Å²) in [5.74, 6) is -2.15.